The number of hydrogen-bond acceptors (Lipinski definition) is 5. The van der Waals surface area contributed by atoms with Crippen LogP contribution >= 0.6 is 0 Å². The van der Waals surface area contributed by atoms with Crippen LogP contribution in [-0.2, 0) is 4.79 Å². The second-order valence-corrected chi connectivity index (χ2v) is 8.69. The largest absolute Gasteiger partial charge is 0.497 e. The molecule has 0 bridgehead atoms. The first-order valence-electron chi connectivity index (χ1n) is 12.1. The molecule has 1 aromatic heterocycles. The van der Waals surface area contributed by atoms with Crippen LogP contribution in [0.4, 0.5) is 0 Å². The molecule has 4 rings (SSSR count). The van der Waals surface area contributed by atoms with Crippen molar-refractivity contribution in [3.8, 4) is 17.2 Å². The molecule has 2 N–H and O–H groups in total. The zero-order valence-corrected chi connectivity index (χ0v) is 20.6. The number of aromatic nitrogens is 1. The van der Waals surface area contributed by atoms with E-state index in [1.807, 2.05) is 0 Å². The van der Waals surface area contributed by atoms with Gasteiger partial charge in [-0.15, -0.1) is 0 Å². The lowest BCUT2D eigenvalue weighted by Gasteiger charge is -2.16. The van der Waals surface area contributed by atoms with Crippen molar-refractivity contribution in [1.82, 2.24) is 15.2 Å². The Hall–Kier alpha value is -4.07. The minimum absolute atomic E-state index is 0.156. The number of hydrogen-bond donors (Lipinski definition) is 2. The van der Waals surface area contributed by atoms with Crippen molar-refractivity contribution in [1.29, 1.82) is 0 Å². The molecule has 1 aliphatic carbocycles. The molecule has 0 radical (unpaired) electrons. The number of amides is 2. The van der Waals surface area contributed by atoms with Gasteiger partial charge in [-0.3, -0.25) is 19.0 Å². The fourth-order valence-electron chi connectivity index (χ4n) is 4.45. The highest BCUT2D eigenvalue weighted by Crippen LogP contribution is 2.28. The van der Waals surface area contributed by atoms with Crippen LogP contribution < -0.4 is 25.7 Å². The summed E-state index contributed by atoms with van der Waals surface area (Å²) in [5.41, 5.74) is 1.84. The van der Waals surface area contributed by atoms with Crippen molar-refractivity contribution in [3.05, 3.63) is 76.2 Å². The predicted molar refractivity (Wildman–Crippen MR) is 139 cm³/mol. The maximum Gasteiger partial charge on any atom is 0.263 e. The van der Waals surface area contributed by atoms with Gasteiger partial charge in [0.1, 0.15) is 11.5 Å². The van der Waals surface area contributed by atoms with Crippen LogP contribution in [0, 0.1) is 0 Å². The Bertz CT molecular complexity index is 1360. The molecule has 0 fully saturated rings. The number of methoxy groups -OCH3 is 2. The highest BCUT2D eigenvalue weighted by Gasteiger charge is 2.18. The highest BCUT2D eigenvalue weighted by atomic mass is 16.5. The molecule has 0 spiro atoms. The quantitative estimate of drug-likeness (QED) is 0.446. The monoisotopic (exact) mass is 489 g/mol. The number of pyridine rings is 1. The van der Waals surface area contributed by atoms with Crippen LogP contribution in [0.3, 0.4) is 0 Å². The average molecular weight is 490 g/mol. The van der Waals surface area contributed by atoms with Gasteiger partial charge >= 0.3 is 0 Å². The molecule has 0 saturated heterocycles. The number of benzene rings is 2. The Labute approximate surface area is 209 Å². The maximum absolute atomic E-state index is 13.3. The molecule has 8 heteroatoms. The van der Waals surface area contributed by atoms with Gasteiger partial charge in [-0.2, -0.15) is 0 Å². The summed E-state index contributed by atoms with van der Waals surface area (Å²) < 4.78 is 12.1. The molecule has 188 valence electrons. The summed E-state index contributed by atoms with van der Waals surface area (Å²) in [5, 5.41) is 6.45. The number of carbonyl (C=O) groups is 2. The van der Waals surface area contributed by atoms with Crippen molar-refractivity contribution in [2.24, 2.45) is 0 Å². The highest BCUT2D eigenvalue weighted by molar-refractivity contribution is 6.07. The molecule has 8 nitrogen and oxygen atoms in total. The molecule has 2 amide bonds. The van der Waals surface area contributed by atoms with Gasteiger partial charge in [0.2, 0.25) is 5.91 Å². The first kappa shape index (κ1) is 25.0. The van der Waals surface area contributed by atoms with Gasteiger partial charge in [0.15, 0.2) is 0 Å². The molecule has 1 heterocycles. The molecular weight excluding hydrogens is 458 g/mol. The van der Waals surface area contributed by atoms with E-state index in [9.17, 15) is 14.4 Å². The molecule has 3 aromatic rings. The molecule has 0 aliphatic heterocycles. The van der Waals surface area contributed by atoms with Crippen molar-refractivity contribution in [2.45, 2.75) is 32.1 Å². The Morgan fingerprint density at radius 2 is 1.81 bits per heavy atom. The van der Waals surface area contributed by atoms with E-state index >= 15 is 0 Å². The summed E-state index contributed by atoms with van der Waals surface area (Å²) in [4.78, 5) is 38.8. The summed E-state index contributed by atoms with van der Waals surface area (Å²) >= 11 is 0. The van der Waals surface area contributed by atoms with E-state index in [0.29, 0.717) is 34.5 Å². The van der Waals surface area contributed by atoms with Crippen molar-refractivity contribution in [3.63, 3.8) is 0 Å². The first-order chi connectivity index (χ1) is 17.5. The summed E-state index contributed by atoms with van der Waals surface area (Å²) in [5.74, 6) is 0.297. The molecule has 2 aromatic carbocycles. The van der Waals surface area contributed by atoms with Gasteiger partial charge < -0.3 is 20.1 Å². The van der Waals surface area contributed by atoms with Gasteiger partial charge in [-0.05, 0) is 50.3 Å². The Morgan fingerprint density at radius 3 is 2.53 bits per heavy atom. The third-order valence-corrected chi connectivity index (χ3v) is 6.38. The van der Waals surface area contributed by atoms with Gasteiger partial charge in [0.25, 0.3) is 11.5 Å². The Kier molecular flexibility index (Phi) is 8.05. The normalized spacial score (nSPS) is 13.1. The van der Waals surface area contributed by atoms with E-state index in [2.05, 4.69) is 16.7 Å². The summed E-state index contributed by atoms with van der Waals surface area (Å²) in [7, 11) is 3.05. The van der Waals surface area contributed by atoms with Gasteiger partial charge in [0.05, 0.1) is 32.0 Å². The molecule has 0 unspecified atom stereocenters. The topological polar surface area (TPSA) is 98.7 Å². The number of carbonyl (C=O) groups excluding carboxylic acids is 2. The SMILES string of the molecule is COc1ccc(-n2cc(C(=O)NCC(=O)NCCC3=CCCCC3)c3ccccc3c2=O)c(OC)c1. The van der Waals surface area contributed by atoms with Crippen LogP contribution in [0.5, 0.6) is 11.5 Å². The van der Waals surface area contributed by atoms with E-state index in [-0.39, 0.29) is 23.6 Å². The van der Waals surface area contributed by atoms with Crippen LogP contribution in [0.25, 0.3) is 16.5 Å². The smallest absolute Gasteiger partial charge is 0.263 e. The molecule has 36 heavy (non-hydrogen) atoms. The van der Waals surface area contributed by atoms with Gasteiger partial charge in [0, 0.05) is 29.6 Å². The van der Waals surface area contributed by atoms with E-state index in [1.165, 1.54) is 36.3 Å². The minimum atomic E-state index is -0.447. The molecule has 1 aliphatic rings. The lowest BCUT2D eigenvalue weighted by atomic mass is 9.97. The molecule has 0 atom stereocenters. The van der Waals surface area contributed by atoms with Crippen molar-refractivity contribution >= 4 is 22.6 Å². The third-order valence-electron chi connectivity index (χ3n) is 6.38. The fourth-order valence-corrected chi connectivity index (χ4v) is 4.45. The maximum atomic E-state index is 13.3. The first-order valence-corrected chi connectivity index (χ1v) is 12.1. The summed E-state index contributed by atoms with van der Waals surface area (Å²) in [6.45, 7) is 0.392. The Balaban J connectivity index is 1.55. The number of rotatable bonds is 9. The van der Waals surface area contributed by atoms with E-state index in [4.69, 9.17) is 9.47 Å². The number of fused-ring (bicyclic) bond motifs is 1. The van der Waals surface area contributed by atoms with Gasteiger partial charge in [-0.25, -0.2) is 0 Å². The number of nitrogens with one attached hydrogen (secondary N) is 2. The number of nitrogens with zero attached hydrogens (tertiary/aromatic N) is 1. The zero-order chi connectivity index (χ0) is 25.5. The number of ether oxygens (including phenoxy) is 2. The van der Waals surface area contributed by atoms with Crippen molar-refractivity contribution in [2.75, 3.05) is 27.3 Å². The standard InChI is InChI=1S/C28H31N3O5/c1-35-20-12-13-24(25(16-20)36-2)31-18-23(21-10-6-7-11-22(21)28(31)34)27(33)30-17-26(32)29-15-14-19-8-4-3-5-9-19/h6-8,10-13,16,18H,3-5,9,14-15,17H2,1-2H3,(H,29,32)(H,30,33). The zero-order valence-electron chi connectivity index (χ0n) is 20.6. The lowest BCUT2D eigenvalue weighted by molar-refractivity contribution is -0.120. The van der Waals surface area contributed by atoms with E-state index < -0.39 is 5.91 Å². The van der Waals surface area contributed by atoms with Gasteiger partial charge in [-0.1, -0.05) is 29.8 Å². The minimum Gasteiger partial charge on any atom is -0.497 e. The van der Waals surface area contributed by atoms with Crippen LogP contribution in [0.1, 0.15) is 42.5 Å². The second-order valence-electron chi connectivity index (χ2n) is 8.69. The molecule has 0 saturated carbocycles. The summed E-state index contributed by atoms with van der Waals surface area (Å²) in [6.07, 6.45) is 9.21. The lowest BCUT2D eigenvalue weighted by Crippen LogP contribution is -2.38. The Morgan fingerprint density at radius 1 is 1.00 bits per heavy atom. The second kappa shape index (κ2) is 11.6. The average Bonchev–Trinajstić information content (AvgIpc) is 2.92. The van der Waals surface area contributed by atoms with Crippen LogP contribution in [-0.4, -0.2) is 43.7 Å². The van der Waals surface area contributed by atoms with Crippen LogP contribution in [0.2, 0.25) is 0 Å². The third kappa shape index (κ3) is 5.59. The predicted octanol–water partition coefficient (Wildman–Crippen LogP) is 3.74. The van der Waals surface area contributed by atoms with Crippen molar-refractivity contribution < 1.29 is 19.1 Å². The molecular formula is C28H31N3O5. The van der Waals surface area contributed by atoms with E-state index in [1.54, 1.807) is 49.6 Å². The summed E-state index contributed by atoms with van der Waals surface area (Å²) in [6, 6.07) is 12.0. The fraction of sp³-hybridized carbons (Fsp3) is 0.321. The van der Waals surface area contributed by atoms with E-state index in [0.717, 1.165) is 19.3 Å². The van der Waals surface area contributed by atoms with Crippen LogP contribution in [0.15, 0.2) is 65.1 Å². The number of allylic oxidation sites excluding steroid dienone is 1.